The number of carbonyl (C=O) groups is 2. The lowest BCUT2D eigenvalue weighted by molar-refractivity contribution is -0.384. The third-order valence-electron chi connectivity index (χ3n) is 4.82. The van der Waals surface area contributed by atoms with E-state index in [0.717, 1.165) is 0 Å². The Morgan fingerprint density at radius 3 is 2.39 bits per heavy atom. The van der Waals surface area contributed by atoms with E-state index in [4.69, 9.17) is 4.74 Å². The summed E-state index contributed by atoms with van der Waals surface area (Å²) >= 11 is 0. The van der Waals surface area contributed by atoms with Crippen molar-refractivity contribution in [1.82, 2.24) is 0 Å². The highest BCUT2D eigenvalue weighted by molar-refractivity contribution is 6.14. The van der Waals surface area contributed by atoms with Gasteiger partial charge in [0.15, 0.2) is 5.78 Å². The lowest BCUT2D eigenvalue weighted by Gasteiger charge is -2.31. The molecule has 1 saturated heterocycles. The molecule has 0 unspecified atom stereocenters. The van der Waals surface area contributed by atoms with Gasteiger partial charge in [-0.25, -0.2) is 4.79 Å². The SMILES string of the molecule is COC(=O)c1ccccc1C(=O)c1ccc(N2CCC(O)CC2)c([N+](=O)[O-])c1. The second-order valence-electron chi connectivity index (χ2n) is 6.55. The summed E-state index contributed by atoms with van der Waals surface area (Å²) in [5.41, 5.74) is 0.570. The Balaban J connectivity index is 1.98. The van der Waals surface area contributed by atoms with E-state index in [1.807, 2.05) is 4.90 Å². The number of nitrogens with zero attached hydrogens (tertiary/aromatic N) is 2. The number of ketones is 1. The summed E-state index contributed by atoms with van der Waals surface area (Å²) in [4.78, 5) is 37.8. The molecule has 146 valence electrons. The van der Waals surface area contributed by atoms with Gasteiger partial charge in [-0.2, -0.15) is 0 Å². The van der Waals surface area contributed by atoms with Crippen molar-refractivity contribution in [3.05, 3.63) is 69.3 Å². The Bertz CT molecular complexity index is 919. The number of aliphatic hydroxyl groups excluding tert-OH is 1. The first-order valence-electron chi connectivity index (χ1n) is 8.86. The summed E-state index contributed by atoms with van der Waals surface area (Å²) < 4.78 is 4.71. The van der Waals surface area contributed by atoms with Crippen molar-refractivity contribution in [3.63, 3.8) is 0 Å². The number of aliphatic hydroxyl groups is 1. The number of ether oxygens (including phenoxy) is 1. The van der Waals surface area contributed by atoms with E-state index in [9.17, 15) is 24.8 Å². The highest BCUT2D eigenvalue weighted by Crippen LogP contribution is 2.32. The molecule has 0 radical (unpaired) electrons. The minimum atomic E-state index is -0.651. The first-order valence-corrected chi connectivity index (χ1v) is 8.86. The molecule has 0 bridgehead atoms. The average molecular weight is 384 g/mol. The molecule has 8 heteroatoms. The number of benzene rings is 2. The number of methoxy groups -OCH3 is 1. The van der Waals surface area contributed by atoms with Crippen LogP contribution in [0.3, 0.4) is 0 Å². The molecule has 1 aliphatic heterocycles. The van der Waals surface area contributed by atoms with E-state index >= 15 is 0 Å². The van der Waals surface area contributed by atoms with Crippen LogP contribution in [0.4, 0.5) is 11.4 Å². The van der Waals surface area contributed by atoms with Gasteiger partial charge in [-0.15, -0.1) is 0 Å². The van der Waals surface area contributed by atoms with E-state index < -0.39 is 22.8 Å². The van der Waals surface area contributed by atoms with Crippen molar-refractivity contribution in [3.8, 4) is 0 Å². The number of nitro benzene ring substituents is 1. The molecule has 0 aliphatic carbocycles. The number of rotatable bonds is 5. The van der Waals surface area contributed by atoms with E-state index in [1.165, 1.54) is 31.4 Å². The lowest BCUT2D eigenvalue weighted by Crippen LogP contribution is -2.36. The molecular weight excluding hydrogens is 364 g/mol. The summed E-state index contributed by atoms with van der Waals surface area (Å²) in [6.07, 6.45) is 0.667. The van der Waals surface area contributed by atoms with Crippen molar-refractivity contribution in [2.24, 2.45) is 0 Å². The fourth-order valence-corrected chi connectivity index (χ4v) is 3.31. The van der Waals surface area contributed by atoms with Gasteiger partial charge < -0.3 is 14.7 Å². The van der Waals surface area contributed by atoms with Crippen molar-refractivity contribution in [1.29, 1.82) is 0 Å². The van der Waals surface area contributed by atoms with Gasteiger partial charge in [0.1, 0.15) is 5.69 Å². The third kappa shape index (κ3) is 3.86. The van der Waals surface area contributed by atoms with Crippen LogP contribution in [0.25, 0.3) is 0 Å². The molecule has 0 saturated carbocycles. The van der Waals surface area contributed by atoms with Gasteiger partial charge in [-0.05, 0) is 31.0 Å². The average Bonchev–Trinajstić information content (AvgIpc) is 2.72. The Morgan fingerprint density at radius 1 is 1.14 bits per heavy atom. The predicted molar refractivity (Wildman–Crippen MR) is 102 cm³/mol. The maximum absolute atomic E-state index is 12.9. The van der Waals surface area contributed by atoms with Crippen LogP contribution in [0, 0.1) is 10.1 Å². The standard InChI is InChI=1S/C20H20N2O6/c1-28-20(25)16-5-3-2-4-15(16)19(24)13-6-7-17(18(12-13)22(26)27)21-10-8-14(23)9-11-21/h2-7,12,14,23H,8-11H2,1H3. The minimum Gasteiger partial charge on any atom is -0.465 e. The number of anilines is 1. The predicted octanol–water partition coefficient (Wildman–Crippen LogP) is 2.57. The number of carbonyl (C=O) groups excluding carboxylic acids is 2. The number of piperidine rings is 1. The van der Waals surface area contributed by atoms with Crippen LogP contribution in [0.5, 0.6) is 0 Å². The summed E-state index contributed by atoms with van der Waals surface area (Å²) in [7, 11) is 1.22. The quantitative estimate of drug-likeness (QED) is 0.365. The fraction of sp³-hybridized carbons (Fsp3) is 0.300. The van der Waals surface area contributed by atoms with Gasteiger partial charge in [-0.3, -0.25) is 14.9 Å². The largest absolute Gasteiger partial charge is 0.465 e. The highest BCUT2D eigenvalue weighted by Gasteiger charge is 2.26. The monoisotopic (exact) mass is 384 g/mol. The third-order valence-corrected chi connectivity index (χ3v) is 4.82. The van der Waals surface area contributed by atoms with Gasteiger partial charge in [0.25, 0.3) is 5.69 Å². The fourth-order valence-electron chi connectivity index (χ4n) is 3.31. The molecule has 0 aromatic heterocycles. The van der Waals surface area contributed by atoms with Gasteiger partial charge >= 0.3 is 5.97 Å². The van der Waals surface area contributed by atoms with Crippen LogP contribution in [0.1, 0.15) is 39.1 Å². The molecular formula is C20H20N2O6. The number of nitro groups is 1. The van der Waals surface area contributed by atoms with E-state index in [0.29, 0.717) is 31.6 Å². The van der Waals surface area contributed by atoms with Crippen LogP contribution in [0.2, 0.25) is 0 Å². The second-order valence-corrected chi connectivity index (χ2v) is 6.55. The minimum absolute atomic E-state index is 0.103. The maximum atomic E-state index is 12.9. The number of hydrogen-bond donors (Lipinski definition) is 1. The molecule has 3 rings (SSSR count). The molecule has 1 fully saturated rings. The topological polar surface area (TPSA) is 110 Å². The van der Waals surface area contributed by atoms with Gasteiger partial charge in [0.05, 0.1) is 23.7 Å². The van der Waals surface area contributed by atoms with Gasteiger partial charge in [0, 0.05) is 30.3 Å². The molecule has 0 spiro atoms. The summed E-state index contributed by atoms with van der Waals surface area (Å²) in [5.74, 6) is -1.15. The zero-order valence-electron chi connectivity index (χ0n) is 15.3. The summed E-state index contributed by atoms with van der Waals surface area (Å²) in [5, 5.41) is 21.2. The molecule has 28 heavy (non-hydrogen) atoms. The van der Waals surface area contributed by atoms with E-state index in [1.54, 1.807) is 18.2 Å². The maximum Gasteiger partial charge on any atom is 0.338 e. The Hall–Kier alpha value is -3.26. The first kappa shape index (κ1) is 19.5. The highest BCUT2D eigenvalue weighted by atomic mass is 16.6. The van der Waals surface area contributed by atoms with Crippen LogP contribution >= 0.6 is 0 Å². The summed E-state index contributed by atoms with van der Waals surface area (Å²) in [6.45, 7) is 1.00. The smallest absolute Gasteiger partial charge is 0.338 e. The molecule has 2 aromatic carbocycles. The zero-order valence-corrected chi connectivity index (χ0v) is 15.3. The normalized spacial score (nSPS) is 14.6. The molecule has 1 aliphatic rings. The molecule has 2 aromatic rings. The molecule has 1 N–H and O–H groups in total. The molecule has 0 amide bonds. The Morgan fingerprint density at radius 2 is 1.79 bits per heavy atom. The van der Waals surface area contributed by atoms with Crippen LogP contribution in [-0.2, 0) is 4.74 Å². The van der Waals surface area contributed by atoms with Crippen molar-refractivity contribution in [2.45, 2.75) is 18.9 Å². The van der Waals surface area contributed by atoms with E-state index in [-0.39, 0.29) is 22.4 Å². The van der Waals surface area contributed by atoms with Crippen molar-refractivity contribution >= 4 is 23.1 Å². The van der Waals surface area contributed by atoms with Crippen LogP contribution in [0.15, 0.2) is 42.5 Å². The van der Waals surface area contributed by atoms with E-state index in [2.05, 4.69) is 0 Å². The van der Waals surface area contributed by atoms with Crippen molar-refractivity contribution < 1.29 is 24.4 Å². The number of esters is 1. The van der Waals surface area contributed by atoms with Crippen molar-refractivity contribution in [2.75, 3.05) is 25.1 Å². The molecule has 8 nitrogen and oxygen atoms in total. The Labute approximate surface area is 161 Å². The van der Waals surface area contributed by atoms with Gasteiger partial charge in [0.2, 0.25) is 0 Å². The van der Waals surface area contributed by atoms with Crippen LogP contribution in [-0.4, -0.2) is 48.1 Å². The second kappa shape index (κ2) is 8.18. The summed E-state index contributed by atoms with van der Waals surface area (Å²) in [6, 6.07) is 10.5. The first-order chi connectivity index (χ1) is 13.4. The zero-order chi connectivity index (χ0) is 20.3. The lowest BCUT2D eigenvalue weighted by atomic mass is 9.97. The molecule has 0 atom stereocenters. The number of hydrogen-bond acceptors (Lipinski definition) is 7. The Kier molecular flexibility index (Phi) is 5.70. The molecule has 1 heterocycles. The van der Waals surface area contributed by atoms with Gasteiger partial charge in [-0.1, -0.05) is 18.2 Å². The van der Waals surface area contributed by atoms with Crippen LogP contribution < -0.4 is 4.90 Å².